The highest BCUT2D eigenvalue weighted by Crippen LogP contribution is 2.28. The summed E-state index contributed by atoms with van der Waals surface area (Å²) in [4.78, 5) is 19.1. The molecule has 0 spiro atoms. The molecule has 0 radical (unpaired) electrons. The van der Waals surface area contributed by atoms with Crippen LogP contribution >= 0.6 is 0 Å². The molecule has 6 nitrogen and oxygen atoms in total. The molecule has 0 saturated heterocycles. The lowest BCUT2D eigenvalue weighted by Crippen LogP contribution is -2.37. The predicted molar refractivity (Wildman–Crippen MR) is 117 cm³/mol. The van der Waals surface area contributed by atoms with Gasteiger partial charge in [-0.25, -0.2) is 4.98 Å². The summed E-state index contributed by atoms with van der Waals surface area (Å²) in [5, 5.41) is 6.43. The number of carbonyl (C=O) groups is 1. The van der Waals surface area contributed by atoms with Crippen LogP contribution in [0.2, 0.25) is 0 Å². The fraction of sp³-hybridized carbons (Fsp3) is 0.478. The number of methoxy groups -OCH3 is 1. The molecule has 156 valence electrons. The summed E-state index contributed by atoms with van der Waals surface area (Å²) in [6.07, 6.45) is 5.88. The van der Waals surface area contributed by atoms with E-state index in [9.17, 15) is 4.79 Å². The molecule has 6 heteroatoms. The number of nitrogens with zero attached hydrogens (tertiary/aromatic N) is 2. The van der Waals surface area contributed by atoms with Gasteiger partial charge in [-0.15, -0.1) is 0 Å². The SMILES string of the molecule is CNC1CCC(C(=O)NCc2cc(-c3ccc(N(C)C)nc3)ccc2OC)CC1. The Hall–Kier alpha value is -2.60. The van der Waals surface area contributed by atoms with Gasteiger partial charge in [0.15, 0.2) is 0 Å². The van der Waals surface area contributed by atoms with Gasteiger partial charge in [0, 0.05) is 49.9 Å². The van der Waals surface area contributed by atoms with Crippen LogP contribution in [0.4, 0.5) is 5.82 Å². The van der Waals surface area contributed by atoms with E-state index in [0.29, 0.717) is 12.6 Å². The third kappa shape index (κ3) is 5.26. The van der Waals surface area contributed by atoms with E-state index in [2.05, 4.69) is 27.8 Å². The van der Waals surface area contributed by atoms with E-state index in [0.717, 1.165) is 53.9 Å². The molecule has 29 heavy (non-hydrogen) atoms. The number of amides is 1. The van der Waals surface area contributed by atoms with Crippen molar-refractivity contribution in [1.29, 1.82) is 0 Å². The van der Waals surface area contributed by atoms with Crippen molar-refractivity contribution in [2.45, 2.75) is 38.3 Å². The minimum Gasteiger partial charge on any atom is -0.496 e. The molecule has 1 fully saturated rings. The van der Waals surface area contributed by atoms with Crippen LogP contribution < -0.4 is 20.3 Å². The summed E-state index contributed by atoms with van der Waals surface area (Å²) in [5.74, 6) is 1.95. The number of pyridine rings is 1. The van der Waals surface area contributed by atoms with Crippen LogP contribution in [-0.2, 0) is 11.3 Å². The first-order chi connectivity index (χ1) is 14.0. The van der Waals surface area contributed by atoms with Crippen molar-refractivity contribution in [2.24, 2.45) is 5.92 Å². The Kier molecular flexibility index (Phi) is 7.09. The fourth-order valence-corrected chi connectivity index (χ4v) is 3.89. The summed E-state index contributed by atoms with van der Waals surface area (Å²) in [6, 6.07) is 10.7. The third-order valence-corrected chi connectivity index (χ3v) is 5.78. The lowest BCUT2D eigenvalue weighted by Gasteiger charge is -2.27. The molecule has 1 aliphatic carbocycles. The molecule has 1 aliphatic rings. The minimum atomic E-state index is 0.108. The first-order valence-electron chi connectivity index (χ1n) is 10.3. The monoisotopic (exact) mass is 396 g/mol. The van der Waals surface area contributed by atoms with Gasteiger partial charge in [-0.3, -0.25) is 4.79 Å². The maximum atomic E-state index is 12.6. The summed E-state index contributed by atoms with van der Waals surface area (Å²) in [7, 11) is 7.60. The van der Waals surface area contributed by atoms with Gasteiger partial charge < -0.3 is 20.3 Å². The summed E-state index contributed by atoms with van der Waals surface area (Å²) in [6.45, 7) is 0.463. The zero-order valence-corrected chi connectivity index (χ0v) is 17.9. The van der Waals surface area contributed by atoms with E-state index in [4.69, 9.17) is 4.74 Å². The topological polar surface area (TPSA) is 66.5 Å². The maximum absolute atomic E-state index is 12.6. The second-order valence-corrected chi connectivity index (χ2v) is 7.88. The molecule has 1 aromatic carbocycles. The Morgan fingerprint density at radius 1 is 1.14 bits per heavy atom. The van der Waals surface area contributed by atoms with Gasteiger partial charge in [0.25, 0.3) is 0 Å². The molecule has 2 N–H and O–H groups in total. The largest absolute Gasteiger partial charge is 0.496 e. The predicted octanol–water partition coefficient (Wildman–Crippen LogP) is 3.22. The minimum absolute atomic E-state index is 0.108. The number of hydrogen-bond acceptors (Lipinski definition) is 5. The highest BCUT2D eigenvalue weighted by atomic mass is 16.5. The Bertz CT molecular complexity index is 812. The lowest BCUT2D eigenvalue weighted by atomic mass is 9.85. The van der Waals surface area contributed by atoms with Crippen LogP contribution in [0.3, 0.4) is 0 Å². The Labute approximate surface area is 173 Å². The molecule has 2 aromatic rings. The van der Waals surface area contributed by atoms with Crippen LogP contribution in [0.1, 0.15) is 31.2 Å². The van der Waals surface area contributed by atoms with E-state index in [1.54, 1.807) is 7.11 Å². The average Bonchev–Trinajstić information content (AvgIpc) is 2.77. The van der Waals surface area contributed by atoms with Gasteiger partial charge in [0.2, 0.25) is 5.91 Å². The van der Waals surface area contributed by atoms with Gasteiger partial charge >= 0.3 is 0 Å². The lowest BCUT2D eigenvalue weighted by molar-refractivity contribution is -0.126. The number of rotatable bonds is 7. The number of aromatic nitrogens is 1. The van der Waals surface area contributed by atoms with Crippen LogP contribution in [0.15, 0.2) is 36.5 Å². The normalized spacial score (nSPS) is 18.9. The molecular formula is C23H32N4O2. The first-order valence-corrected chi connectivity index (χ1v) is 10.3. The first kappa shape index (κ1) is 21.1. The molecule has 0 aliphatic heterocycles. The number of anilines is 1. The van der Waals surface area contributed by atoms with E-state index < -0.39 is 0 Å². The van der Waals surface area contributed by atoms with Gasteiger partial charge in [-0.1, -0.05) is 6.07 Å². The van der Waals surface area contributed by atoms with E-state index in [1.807, 2.05) is 50.4 Å². The van der Waals surface area contributed by atoms with Crippen molar-refractivity contribution in [1.82, 2.24) is 15.6 Å². The molecule has 0 bridgehead atoms. The van der Waals surface area contributed by atoms with Gasteiger partial charge in [-0.2, -0.15) is 0 Å². The van der Waals surface area contributed by atoms with Crippen LogP contribution in [0.25, 0.3) is 11.1 Å². The van der Waals surface area contributed by atoms with E-state index >= 15 is 0 Å². The molecule has 1 saturated carbocycles. The van der Waals surface area contributed by atoms with Crippen molar-refractivity contribution >= 4 is 11.7 Å². The summed E-state index contributed by atoms with van der Waals surface area (Å²) >= 11 is 0. The van der Waals surface area contributed by atoms with Crippen LogP contribution in [0, 0.1) is 5.92 Å². The molecule has 1 aromatic heterocycles. The van der Waals surface area contributed by atoms with Gasteiger partial charge in [0.05, 0.1) is 7.11 Å². The number of hydrogen-bond donors (Lipinski definition) is 2. The quantitative estimate of drug-likeness (QED) is 0.752. The van der Waals surface area contributed by atoms with Crippen LogP contribution in [-0.4, -0.2) is 45.2 Å². The van der Waals surface area contributed by atoms with Crippen molar-refractivity contribution in [3.8, 4) is 16.9 Å². The smallest absolute Gasteiger partial charge is 0.223 e. The highest BCUT2D eigenvalue weighted by molar-refractivity contribution is 5.79. The standard InChI is InChI=1S/C23H32N4O2/c1-24-20-9-5-16(6-10-20)23(28)26-15-19-13-17(7-11-21(19)29-4)18-8-12-22(25-14-18)27(2)3/h7-8,11-14,16,20,24H,5-6,9-10,15H2,1-4H3,(H,26,28). The number of nitrogens with one attached hydrogen (secondary N) is 2. The molecule has 1 amide bonds. The van der Waals surface area contributed by atoms with Crippen molar-refractivity contribution < 1.29 is 9.53 Å². The molecule has 1 heterocycles. The molecule has 3 rings (SSSR count). The average molecular weight is 397 g/mol. The van der Waals surface area contributed by atoms with Crippen molar-refractivity contribution in [2.75, 3.05) is 33.2 Å². The number of benzene rings is 1. The Morgan fingerprint density at radius 2 is 1.86 bits per heavy atom. The second-order valence-electron chi connectivity index (χ2n) is 7.88. The molecular weight excluding hydrogens is 364 g/mol. The zero-order valence-electron chi connectivity index (χ0n) is 17.9. The summed E-state index contributed by atoms with van der Waals surface area (Å²) in [5.41, 5.74) is 3.07. The van der Waals surface area contributed by atoms with Crippen molar-refractivity contribution in [3.05, 3.63) is 42.1 Å². The Morgan fingerprint density at radius 3 is 2.45 bits per heavy atom. The third-order valence-electron chi connectivity index (χ3n) is 5.78. The van der Waals surface area contributed by atoms with E-state index in [1.165, 1.54) is 0 Å². The molecule has 0 unspecified atom stereocenters. The van der Waals surface area contributed by atoms with Gasteiger partial charge in [0.1, 0.15) is 11.6 Å². The number of ether oxygens (including phenoxy) is 1. The summed E-state index contributed by atoms with van der Waals surface area (Å²) < 4.78 is 5.51. The van der Waals surface area contributed by atoms with Crippen molar-refractivity contribution in [3.63, 3.8) is 0 Å². The number of carbonyl (C=O) groups excluding carboxylic acids is 1. The second kappa shape index (κ2) is 9.74. The zero-order chi connectivity index (χ0) is 20.8. The van der Waals surface area contributed by atoms with E-state index in [-0.39, 0.29) is 11.8 Å². The van der Waals surface area contributed by atoms with Gasteiger partial charge in [-0.05, 0) is 62.6 Å². The Balaban J connectivity index is 1.68. The highest BCUT2D eigenvalue weighted by Gasteiger charge is 2.25. The maximum Gasteiger partial charge on any atom is 0.223 e. The van der Waals surface area contributed by atoms with Crippen LogP contribution in [0.5, 0.6) is 5.75 Å². The fourth-order valence-electron chi connectivity index (χ4n) is 3.89. The molecule has 0 atom stereocenters.